The number of carbonyl (C=O) groups is 2. The molecule has 3 rings (SSSR count). The number of hydrogen-bond donors (Lipinski definition) is 2. The average molecular weight is 425 g/mol. The SMILES string of the molecule is Nc1cnc(-c2ccccc2)n(CC(=O)N[C@@H](Cc2ccccc2)C(=O)CCl)c1=O. The zero-order valence-corrected chi connectivity index (χ0v) is 16.9. The maximum absolute atomic E-state index is 12.7. The van der Waals surface area contributed by atoms with Crippen LogP contribution in [0, 0.1) is 0 Å². The molecule has 8 heteroatoms. The number of halogens is 1. The molecule has 1 heterocycles. The van der Waals surface area contributed by atoms with Crippen LogP contribution < -0.4 is 16.6 Å². The molecule has 30 heavy (non-hydrogen) atoms. The van der Waals surface area contributed by atoms with Crippen molar-refractivity contribution in [1.29, 1.82) is 0 Å². The lowest BCUT2D eigenvalue weighted by atomic mass is 10.0. The van der Waals surface area contributed by atoms with Crippen LogP contribution in [0.3, 0.4) is 0 Å². The third-order valence-corrected chi connectivity index (χ3v) is 4.81. The number of anilines is 1. The van der Waals surface area contributed by atoms with Crippen molar-refractivity contribution < 1.29 is 9.59 Å². The highest BCUT2D eigenvalue weighted by Crippen LogP contribution is 2.15. The average Bonchev–Trinajstić information content (AvgIpc) is 2.77. The highest BCUT2D eigenvalue weighted by atomic mass is 35.5. The van der Waals surface area contributed by atoms with E-state index in [1.54, 1.807) is 24.3 Å². The van der Waals surface area contributed by atoms with Crippen molar-refractivity contribution in [3.05, 3.63) is 82.8 Å². The van der Waals surface area contributed by atoms with Gasteiger partial charge in [0, 0.05) is 5.56 Å². The van der Waals surface area contributed by atoms with Gasteiger partial charge in [-0.2, -0.15) is 0 Å². The number of ketones is 1. The lowest BCUT2D eigenvalue weighted by Crippen LogP contribution is -2.45. The molecule has 0 saturated carbocycles. The second-order valence-electron chi connectivity index (χ2n) is 6.70. The fourth-order valence-electron chi connectivity index (χ4n) is 3.04. The third-order valence-electron chi connectivity index (χ3n) is 4.55. The lowest BCUT2D eigenvalue weighted by Gasteiger charge is -2.18. The number of aromatic nitrogens is 2. The third kappa shape index (κ3) is 5.12. The first-order chi connectivity index (χ1) is 14.5. The Morgan fingerprint density at radius 2 is 1.70 bits per heavy atom. The van der Waals surface area contributed by atoms with Crippen LogP contribution in [-0.2, 0) is 22.6 Å². The predicted octanol–water partition coefficient (Wildman–Crippen LogP) is 2.03. The quantitative estimate of drug-likeness (QED) is 0.538. The molecule has 0 aliphatic carbocycles. The van der Waals surface area contributed by atoms with Gasteiger partial charge in [-0.15, -0.1) is 11.6 Å². The molecular weight excluding hydrogens is 404 g/mol. The summed E-state index contributed by atoms with van der Waals surface area (Å²) in [6.07, 6.45) is 1.57. The second kappa shape index (κ2) is 9.84. The molecule has 3 N–H and O–H groups in total. The summed E-state index contributed by atoms with van der Waals surface area (Å²) in [6.45, 7) is -0.331. The van der Waals surface area contributed by atoms with Crippen molar-refractivity contribution >= 4 is 29.0 Å². The number of nitrogens with zero attached hydrogens (tertiary/aromatic N) is 2. The zero-order valence-electron chi connectivity index (χ0n) is 16.1. The summed E-state index contributed by atoms with van der Waals surface area (Å²) in [4.78, 5) is 41.8. The van der Waals surface area contributed by atoms with Crippen LogP contribution in [0.15, 0.2) is 71.7 Å². The maximum atomic E-state index is 12.7. The van der Waals surface area contributed by atoms with Crippen molar-refractivity contribution in [2.24, 2.45) is 0 Å². The number of rotatable bonds is 8. The summed E-state index contributed by atoms with van der Waals surface area (Å²) >= 11 is 5.73. The van der Waals surface area contributed by atoms with Crippen molar-refractivity contribution in [3.8, 4) is 11.4 Å². The van der Waals surface area contributed by atoms with E-state index in [1.807, 2.05) is 36.4 Å². The van der Waals surface area contributed by atoms with Crippen LogP contribution >= 0.6 is 11.6 Å². The Morgan fingerprint density at radius 1 is 1.07 bits per heavy atom. The van der Waals surface area contributed by atoms with E-state index in [0.29, 0.717) is 17.8 Å². The molecule has 0 bridgehead atoms. The molecule has 1 amide bonds. The smallest absolute Gasteiger partial charge is 0.277 e. The molecule has 0 fully saturated rings. The van der Waals surface area contributed by atoms with E-state index in [4.69, 9.17) is 17.3 Å². The normalized spacial score (nSPS) is 11.6. The van der Waals surface area contributed by atoms with Crippen LogP contribution in [0.2, 0.25) is 0 Å². The van der Waals surface area contributed by atoms with Crippen molar-refractivity contribution in [1.82, 2.24) is 14.9 Å². The topological polar surface area (TPSA) is 107 Å². The highest BCUT2D eigenvalue weighted by Gasteiger charge is 2.22. The molecule has 7 nitrogen and oxygen atoms in total. The van der Waals surface area contributed by atoms with Gasteiger partial charge in [-0.3, -0.25) is 19.0 Å². The summed E-state index contributed by atoms with van der Waals surface area (Å²) < 4.78 is 1.20. The van der Waals surface area contributed by atoms with E-state index in [1.165, 1.54) is 10.8 Å². The van der Waals surface area contributed by atoms with E-state index in [-0.39, 0.29) is 23.9 Å². The largest absolute Gasteiger partial charge is 0.393 e. The minimum atomic E-state index is -0.803. The Labute approximate surface area is 178 Å². The first-order valence-corrected chi connectivity index (χ1v) is 9.85. The number of amides is 1. The van der Waals surface area contributed by atoms with Gasteiger partial charge in [0.05, 0.1) is 18.1 Å². The number of Topliss-reactive ketones (excluding diaryl/α,β-unsaturated/α-hetero) is 1. The summed E-state index contributed by atoms with van der Waals surface area (Å²) in [5, 5.41) is 2.69. The van der Waals surface area contributed by atoms with Gasteiger partial charge in [0.15, 0.2) is 5.78 Å². The predicted molar refractivity (Wildman–Crippen MR) is 116 cm³/mol. The minimum Gasteiger partial charge on any atom is -0.393 e. The number of alkyl halides is 1. The van der Waals surface area contributed by atoms with Gasteiger partial charge < -0.3 is 11.1 Å². The Balaban J connectivity index is 1.85. The second-order valence-corrected chi connectivity index (χ2v) is 6.97. The van der Waals surface area contributed by atoms with Crippen LogP contribution in [-0.4, -0.2) is 33.2 Å². The van der Waals surface area contributed by atoms with Gasteiger partial charge in [0.1, 0.15) is 18.1 Å². The number of nitrogens with one attached hydrogen (secondary N) is 1. The van der Waals surface area contributed by atoms with E-state index >= 15 is 0 Å². The van der Waals surface area contributed by atoms with Gasteiger partial charge in [-0.05, 0) is 12.0 Å². The van der Waals surface area contributed by atoms with Gasteiger partial charge in [0.25, 0.3) is 5.56 Å². The van der Waals surface area contributed by atoms with Gasteiger partial charge in [0.2, 0.25) is 5.91 Å². The molecule has 0 aliphatic heterocycles. The minimum absolute atomic E-state index is 0.0693. The molecular formula is C22H21ClN4O3. The molecule has 0 unspecified atom stereocenters. The Morgan fingerprint density at radius 3 is 2.33 bits per heavy atom. The van der Waals surface area contributed by atoms with Crippen LogP contribution in [0.1, 0.15) is 5.56 Å². The molecule has 154 valence electrons. The molecule has 0 radical (unpaired) electrons. The van der Waals surface area contributed by atoms with Gasteiger partial charge >= 0.3 is 0 Å². The van der Waals surface area contributed by atoms with E-state index in [9.17, 15) is 14.4 Å². The molecule has 2 aromatic carbocycles. The van der Waals surface area contributed by atoms with Crippen LogP contribution in [0.25, 0.3) is 11.4 Å². The van der Waals surface area contributed by atoms with E-state index in [0.717, 1.165) is 5.56 Å². The fraction of sp³-hybridized carbons (Fsp3) is 0.182. The first kappa shape index (κ1) is 21.3. The lowest BCUT2D eigenvalue weighted by molar-refractivity contribution is -0.127. The number of carbonyl (C=O) groups excluding carboxylic acids is 2. The number of hydrogen-bond acceptors (Lipinski definition) is 5. The van der Waals surface area contributed by atoms with E-state index in [2.05, 4.69) is 10.3 Å². The van der Waals surface area contributed by atoms with Crippen molar-refractivity contribution in [3.63, 3.8) is 0 Å². The molecule has 3 aromatic rings. The van der Waals surface area contributed by atoms with Crippen LogP contribution in [0.4, 0.5) is 5.69 Å². The maximum Gasteiger partial charge on any atom is 0.277 e. The van der Waals surface area contributed by atoms with E-state index < -0.39 is 17.5 Å². The summed E-state index contributed by atoms with van der Waals surface area (Å²) in [6, 6.07) is 17.5. The Kier molecular flexibility index (Phi) is 6.98. The number of nitrogen functional groups attached to an aromatic ring is 1. The van der Waals surface area contributed by atoms with Gasteiger partial charge in [-0.1, -0.05) is 60.7 Å². The Hall–Kier alpha value is -3.45. The monoisotopic (exact) mass is 424 g/mol. The summed E-state index contributed by atoms with van der Waals surface area (Å²) in [5.74, 6) is -0.739. The number of benzene rings is 2. The van der Waals surface area contributed by atoms with Crippen molar-refractivity contribution in [2.45, 2.75) is 19.0 Å². The molecule has 1 atom stereocenters. The standard InChI is InChI=1S/C22H21ClN4O3/c23-12-19(28)18(11-15-7-3-1-4-8-15)26-20(29)14-27-21(16-9-5-2-6-10-16)25-13-17(24)22(27)30/h1-10,13,18H,11-12,14,24H2,(H,26,29)/t18-/m0/s1. The fourth-order valence-corrected chi connectivity index (χ4v) is 3.23. The molecule has 1 aromatic heterocycles. The summed E-state index contributed by atoms with van der Waals surface area (Å²) in [5.41, 5.74) is 6.67. The molecule has 0 spiro atoms. The van der Waals surface area contributed by atoms with Crippen molar-refractivity contribution in [2.75, 3.05) is 11.6 Å². The highest BCUT2D eigenvalue weighted by molar-refractivity contribution is 6.28. The first-order valence-electron chi connectivity index (χ1n) is 9.32. The number of nitrogens with two attached hydrogens (primary N) is 1. The summed E-state index contributed by atoms with van der Waals surface area (Å²) in [7, 11) is 0. The zero-order chi connectivity index (χ0) is 21.5. The molecule has 0 aliphatic rings. The van der Waals surface area contributed by atoms with Gasteiger partial charge in [-0.25, -0.2) is 4.98 Å². The van der Waals surface area contributed by atoms with Crippen LogP contribution in [0.5, 0.6) is 0 Å². The molecule has 0 saturated heterocycles. The Bertz CT molecular complexity index is 1080.